The number of nitroso groups, excluding NO2 is 1. The zero-order chi connectivity index (χ0) is 20.0. The quantitative estimate of drug-likeness (QED) is 0.451. The molecule has 152 valence electrons. The van der Waals surface area contributed by atoms with E-state index >= 15 is 0 Å². The fourth-order valence-corrected chi connectivity index (χ4v) is 3.91. The monoisotopic (exact) mass is 369 g/mol. The van der Waals surface area contributed by atoms with Crippen molar-refractivity contribution in [3.05, 3.63) is 4.91 Å². The van der Waals surface area contributed by atoms with E-state index in [0.29, 0.717) is 12.5 Å². The molecule has 0 radical (unpaired) electrons. The molecule has 5 nitrogen and oxygen atoms in total. The molecule has 1 rings (SSSR count). The van der Waals surface area contributed by atoms with Gasteiger partial charge < -0.3 is 9.47 Å². The van der Waals surface area contributed by atoms with Gasteiger partial charge in [-0.2, -0.15) is 4.91 Å². The summed E-state index contributed by atoms with van der Waals surface area (Å²) in [6.07, 6.45) is 5.13. The van der Waals surface area contributed by atoms with Crippen molar-refractivity contribution in [2.24, 2.45) is 22.4 Å². The fourth-order valence-electron chi connectivity index (χ4n) is 3.91. The summed E-state index contributed by atoms with van der Waals surface area (Å²) in [5.74, 6) is 0.152. The normalized spacial score (nSPS) is 27.6. The molecule has 26 heavy (non-hydrogen) atoms. The Morgan fingerprint density at radius 1 is 1.27 bits per heavy atom. The van der Waals surface area contributed by atoms with Crippen LogP contribution in [0.3, 0.4) is 0 Å². The minimum absolute atomic E-state index is 0.000877. The molecule has 0 aromatic rings. The zero-order valence-corrected chi connectivity index (χ0v) is 17.8. The van der Waals surface area contributed by atoms with E-state index in [0.717, 1.165) is 38.5 Å². The molecule has 1 fully saturated rings. The van der Waals surface area contributed by atoms with Crippen LogP contribution in [-0.4, -0.2) is 30.3 Å². The van der Waals surface area contributed by atoms with Crippen LogP contribution in [-0.2, 0) is 14.3 Å². The van der Waals surface area contributed by atoms with Crippen LogP contribution >= 0.6 is 0 Å². The second kappa shape index (κ2) is 9.93. The first kappa shape index (κ1) is 23.2. The van der Waals surface area contributed by atoms with Crippen molar-refractivity contribution in [3.63, 3.8) is 0 Å². The summed E-state index contributed by atoms with van der Waals surface area (Å²) in [6, 6.07) is -0.112. The maximum absolute atomic E-state index is 13.2. The first-order valence-electron chi connectivity index (χ1n) is 10.2. The predicted molar refractivity (Wildman–Crippen MR) is 105 cm³/mol. The van der Waals surface area contributed by atoms with Crippen LogP contribution < -0.4 is 0 Å². The Kier molecular flexibility index (Phi) is 8.87. The van der Waals surface area contributed by atoms with Crippen molar-refractivity contribution in [2.45, 2.75) is 105 Å². The lowest BCUT2D eigenvalue weighted by Gasteiger charge is -2.44. The third-order valence-corrected chi connectivity index (χ3v) is 5.96. The molecular weight excluding hydrogens is 330 g/mol. The summed E-state index contributed by atoms with van der Waals surface area (Å²) in [6.45, 7) is 14.7. The minimum atomic E-state index is -0.583. The molecule has 5 heteroatoms. The number of carbonyl (C=O) groups is 1. The van der Waals surface area contributed by atoms with Gasteiger partial charge in [0, 0.05) is 11.3 Å². The van der Waals surface area contributed by atoms with Gasteiger partial charge in [-0.25, -0.2) is 0 Å². The van der Waals surface area contributed by atoms with E-state index in [2.05, 4.69) is 12.1 Å². The summed E-state index contributed by atoms with van der Waals surface area (Å²) in [5, 5.41) is 3.05. The molecule has 0 aromatic heterocycles. The van der Waals surface area contributed by atoms with Crippen molar-refractivity contribution >= 4 is 5.78 Å². The van der Waals surface area contributed by atoms with E-state index in [1.807, 2.05) is 41.5 Å². The summed E-state index contributed by atoms with van der Waals surface area (Å²) in [4.78, 5) is 23.6. The molecule has 0 bridgehead atoms. The van der Waals surface area contributed by atoms with E-state index in [1.165, 1.54) is 0 Å². The molecule has 0 amide bonds. The molecule has 0 spiro atoms. The van der Waals surface area contributed by atoms with Crippen molar-refractivity contribution in [2.75, 3.05) is 6.61 Å². The molecule has 0 saturated carbocycles. The van der Waals surface area contributed by atoms with E-state index in [9.17, 15) is 9.70 Å². The Morgan fingerprint density at radius 2 is 1.92 bits per heavy atom. The fraction of sp³-hybridized carbons (Fsp3) is 0.952. The first-order chi connectivity index (χ1) is 12.1. The maximum Gasteiger partial charge on any atom is 0.165 e. The summed E-state index contributed by atoms with van der Waals surface area (Å²) in [5.41, 5.74) is -0.519. The molecule has 5 unspecified atom stereocenters. The van der Waals surface area contributed by atoms with Gasteiger partial charge in [-0.3, -0.25) is 4.79 Å². The van der Waals surface area contributed by atoms with Gasteiger partial charge >= 0.3 is 0 Å². The second-order valence-electron chi connectivity index (χ2n) is 8.94. The molecule has 0 aliphatic carbocycles. The maximum atomic E-state index is 13.2. The highest BCUT2D eigenvalue weighted by Gasteiger charge is 2.45. The van der Waals surface area contributed by atoms with Crippen LogP contribution in [0, 0.1) is 22.2 Å². The average Bonchev–Trinajstić information content (AvgIpc) is 2.60. The second-order valence-corrected chi connectivity index (χ2v) is 8.94. The molecule has 1 aliphatic rings. The number of carbonyl (C=O) groups excluding carboxylic acids is 1. The Morgan fingerprint density at radius 3 is 2.50 bits per heavy atom. The highest BCUT2D eigenvalue weighted by atomic mass is 16.7. The third-order valence-electron chi connectivity index (χ3n) is 5.96. The van der Waals surface area contributed by atoms with Gasteiger partial charge in [-0.1, -0.05) is 52.6 Å². The molecule has 1 aliphatic heterocycles. The topological polar surface area (TPSA) is 65.0 Å². The van der Waals surface area contributed by atoms with Gasteiger partial charge in [0.25, 0.3) is 0 Å². The Balaban J connectivity index is 2.58. The first-order valence-corrected chi connectivity index (χ1v) is 10.2. The van der Waals surface area contributed by atoms with Crippen LogP contribution in [0.1, 0.15) is 87.0 Å². The third kappa shape index (κ3) is 6.41. The van der Waals surface area contributed by atoms with E-state index in [4.69, 9.17) is 9.47 Å². The van der Waals surface area contributed by atoms with Crippen LogP contribution in [0.5, 0.6) is 0 Å². The summed E-state index contributed by atoms with van der Waals surface area (Å²) >= 11 is 0. The predicted octanol–water partition coefficient (Wildman–Crippen LogP) is 5.50. The number of hydrogen-bond acceptors (Lipinski definition) is 5. The SMILES string of the molecule is CCC1(C)OCCC(C(C)(C)C(=O)C(C)CC(C)CCCC(C)N=O)O1. The highest BCUT2D eigenvalue weighted by Crippen LogP contribution is 2.38. The largest absolute Gasteiger partial charge is 0.350 e. The number of ether oxygens (including phenoxy) is 2. The van der Waals surface area contributed by atoms with Crippen molar-refractivity contribution in [3.8, 4) is 0 Å². The Labute approximate surface area is 159 Å². The van der Waals surface area contributed by atoms with Crippen LogP contribution in [0.2, 0.25) is 0 Å². The molecule has 1 heterocycles. The van der Waals surface area contributed by atoms with Gasteiger partial charge in [-0.05, 0) is 45.4 Å². The Hall–Kier alpha value is -0.810. The lowest BCUT2D eigenvalue weighted by atomic mass is 9.73. The Bertz CT molecular complexity index is 465. The smallest absolute Gasteiger partial charge is 0.165 e. The molecule has 5 atom stereocenters. The number of rotatable bonds is 11. The van der Waals surface area contributed by atoms with E-state index in [-0.39, 0.29) is 23.8 Å². The number of nitrogens with zero attached hydrogens (tertiary/aromatic N) is 1. The number of hydrogen-bond donors (Lipinski definition) is 0. The van der Waals surface area contributed by atoms with Crippen LogP contribution in [0.25, 0.3) is 0 Å². The van der Waals surface area contributed by atoms with Crippen LogP contribution in [0.4, 0.5) is 0 Å². The van der Waals surface area contributed by atoms with Gasteiger partial charge in [0.05, 0.1) is 18.8 Å². The molecular formula is C21H39NO4. The van der Waals surface area contributed by atoms with Gasteiger partial charge in [-0.15, -0.1) is 0 Å². The molecule has 0 N–H and O–H groups in total. The lowest BCUT2D eigenvalue weighted by Crippen LogP contribution is -2.51. The van der Waals surface area contributed by atoms with Crippen molar-refractivity contribution in [1.82, 2.24) is 0 Å². The van der Waals surface area contributed by atoms with Crippen LogP contribution in [0.15, 0.2) is 5.18 Å². The van der Waals surface area contributed by atoms with Gasteiger partial charge in [0.2, 0.25) is 0 Å². The van der Waals surface area contributed by atoms with Crippen molar-refractivity contribution in [1.29, 1.82) is 0 Å². The number of Topliss-reactive ketones (excluding diaryl/α,β-unsaturated/α-hetero) is 1. The van der Waals surface area contributed by atoms with Gasteiger partial charge in [0.1, 0.15) is 5.78 Å². The molecule has 0 aromatic carbocycles. The summed E-state index contributed by atoms with van der Waals surface area (Å²) < 4.78 is 11.9. The molecule has 1 saturated heterocycles. The number of ketones is 1. The minimum Gasteiger partial charge on any atom is -0.350 e. The lowest BCUT2D eigenvalue weighted by molar-refractivity contribution is -0.299. The highest BCUT2D eigenvalue weighted by molar-refractivity contribution is 5.86. The van der Waals surface area contributed by atoms with E-state index < -0.39 is 11.2 Å². The summed E-state index contributed by atoms with van der Waals surface area (Å²) in [7, 11) is 0. The standard InChI is InChI=1S/C21H39NO4/c1-8-21(7)25-13-12-18(26-21)20(5,6)19(23)16(3)14-15(2)10-9-11-17(4)22-24/h15-18H,8-14H2,1-7H3. The van der Waals surface area contributed by atoms with E-state index in [1.54, 1.807) is 0 Å². The average molecular weight is 370 g/mol. The zero-order valence-electron chi connectivity index (χ0n) is 17.8. The van der Waals surface area contributed by atoms with Gasteiger partial charge in [0.15, 0.2) is 5.79 Å². The van der Waals surface area contributed by atoms with Crippen molar-refractivity contribution < 1.29 is 14.3 Å².